The van der Waals surface area contributed by atoms with Gasteiger partial charge in [0, 0.05) is 13.6 Å². The van der Waals surface area contributed by atoms with Gasteiger partial charge >= 0.3 is 0 Å². The van der Waals surface area contributed by atoms with Gasteiger partial charge in [-0.25, -0.2) is 9.97 Å². The Bertz CT molecular complexity index is 592. The third-order valence-electron chi connectivity index (χ3n) is 2.93. The average molecular weight is 288 g/mol. The van der Waals surface area contributed by atoms with Crippen molar-refractivity contribution in [2.75, 3.05) is 18.9 Å². The van der Waals surface area contributed by atoms with Gasteiger partial charge in [-0.3, -0.25) is 9.89 Å². The molecule has 0 bridgehead atoms. The van der Waals surface area contributed by atoms with E-state index in [1.807, 2.05) is 13.0 Å². The molecule has 2 aromatic heterocycles. The van der Waals surface area contributed by atoms with E-state index in [1.165, 1.54) is 0 Å². The van der Waals surface area contributed by atoms with Crippen molar-refractivity contribution < 1.29 is 4.79 Å². The summed E-state index contributed by atoms with van der Waals surface area (Å²) in [6.45, 7) is 5.15. The van der Waals surface area contributed by atoms with E-state index in [9.17, 15) is 4.79 Å². The van der Waals surface area contributed by atoms with Gasteiger partial charge in [0.1, 0.15) is 11.5 Å². The Balaban J connectivity index is 1.98. The molecule has 0 aromatic carbocycles. The van der Waals surface area contributed by atoms with Crippen LogP contribution in [0.25, 0.3) is 0 Å². The Labute approximate surface area is 123 Å². The van der Waals surface area contributed by atoms with Gasteiger partial charge in [-0.2, -0.15) is 5.10 Å². The van der Waals surface area contributed by atoms with Crippen molar-refractivity contribution in [2.45, 2.75) is 26.8 Å². The Morgan fingerprint density at radius 1 is 1.43 bits per heavy atom. The van der Waals surface area contributed by atoms with Crippen molar-refractivity contribution in [1.29, 1.82) is 0 Å². The first-order chi connectivity index (χ1) is 10.1. The van der Waals surface area contributed by atoms with Crippen molar-refractivity contribution in [3.8, 4) is 0 Å². The number of pyridine rings is 1. The second-order valence-electron chi connectivity index (χ2n) is 4.86. The summed E-state index contributed by atoms with van der Waals surface area (Å²) in [5.74, 6) is 1.17. The Hall–Kier alpha value is -2.44. The van der Waals surface area contributed by atoms with Crippen LogP contribution in [-0.4, -0.2) is 44.6 Å². The lowest BCUT2D eigenvalue weighted by molar-refractivity contribution is 0.0776. The molecule has 2 rings (SSSR count). The molecule has 0 saturated heterocycles. The highest BCUT2D eigenvalue weighted by atomic mass is 16.2. The summed E-state index contributed by atoms with van der Waals surface area (Å²) in [5.41, 5.74) is 1.33. The number of amides is 1. The van der Waals surface area contributed by atoms with E-state index in [4.69, 9.17) is 0 Å². The largest absolute Gasteiger partial charge is 0.384 e. The first kappa shape index (κ1) is 15.0. The number of hydrogen-bond donors (Lipinski definition) is 2. The molecule has 2 aromatic rings. The molecular weight excluding hydrogens is 268 g/mol. The monoisotopic (exact) mass is 288 g/mol. The number of anilines is 1. The topological polar surface area (TPSA) is 86.8 Å². The molecule has 0 spiro atoms. The third kappa shape index (κ3) is 4.01. The van der Waals surface area contributed by atoms with Gasteiger partial charge in [-0.1, -0.05) is 6.92 Å². The highest BCUT2D eigenvalue weighted by molar-refractivity contribution is 5.92. The van der Waals surface area contributed by atoms with Gasteiger partial charge in [0.2, 0.25) is 0 Å². The molecule has 0 fully saturated rings. The lowest BCUT2D eigenvalue weighted by Gasteiger charge is -2.14. The number of nitrogens with one attached hydrogen (secondary N) is 2. The molecule has 0 aliphatic heterocycles. The van der Waals surface area contributed by atoms with Crippen LogP contribution in [-0.2, 0) is 6.54 Å². The number of carbonyl (C=O) groups excluding carboxylic acids is 1. The zero-order chi connectivity index (χ0) is 15.2. The van der Waals surface area contributed by atoms with E-state index in [1.54, 1.807) is 24.2 Å². The van der Waals surface area contributed by atoms with Crippen LogP contribution in [0.5, 0.6) is 0 Å². The molecule has 7 heteroatoms. The fourth-order valence-electron chi connectivity index (χ4n) is 1.83. The SMILES string of the molecule is CCCNc1ccc(C(=O)N(C)Cc2n[nH]c(C)n2)nc1. The highest BCUT2D eigenvalue weighted by Gasteiger charge is 2.15. The molecule has 0 aliphatic carbocycles. The number of carbonyl (C=O) groups is 1. The van der Waals surface area contributed by atoms with Crippen LogP contribution < -0.4 is 5.32 Å². The summed E-state index contributed by atoms with van der Waals surface area (Å²) >= 11 is 0. The number of aromatic nitrogens is 4. The van der Waals surface area contributed by atoms with Gasteiger partial charge in [0.25, 0.3) is 5.91 Å². The maximum atomic E-state index is 12.3. The van der Waals surface area contributed by atoms with Crippen LogP contribution in [0.3, 0.4) is 0 Å². The lowest BCUT2D eigenvalue weighted by Crippen LogP contribution is -2.27. The van der Waals surface area contributed by atoms with Gasteiger partial charge < -0.3 is 10.2 Å². The normalized spacial score (nSPS) is 10.4. The fraction of sp³-hybridized carbons (Fsp3) is 0.429. The molecule has 0 atom stereocenters. The standard InChI is InChI=1S/C14H20N6O/c1-4-7-15-11-5-6-12(16-8-11)14(21)20(3)9-13-17-10(2)18-19-13/h5-6,8,15H,4,7,9H2,1-3H3,(H,17,18,19). The van der Waals surface area contributed by atoms with Gasteiger partial charge in [0.05, 0.1) is 18.4 Å². The van der Waals surface area contributed by atoms with Crippen molar-refractivity contribution >= 4 is 11.6 Å². The van der Waals surface area contributed by atoms with Crippen LogP contribution in [0.2, 0.25) is 0 Å². The summed E-state index contributed by atoms with van der Waals surface area (Å²) in [6.07, 6.45) is 2.72. The summed E-state index contributed by atoms with van der Waals surface area (Å²) in [6, 6.07) is 3.58. The first-order valence-electron chi connectivity index (χ1n) is 6.93. The minimum absolute atomic E-state index is 0.153. The summed E-state index contributed by atoms with van der Waals surface area (Å²) < 4.78 is 0. The van der Waals surface area contributed by atoms with E-state index in [0.717, 1.165) is 24.5 Å². The van der Waals surface area contributed by atoms with Crippen LogP contribution in [0.15, 0.2) is 18.3 Å². The van der Waals surface area contributed by atoms with E-state index in [-0.39, 0.29) is 5.91 Å². The predicted molar refractivity (Wildman–Crippen MR) is 79.9 cm³/mol. The number of aryl methyl sites for hydroxylation is 1. The summed E-state index contributed by atoms with van der Waals surface area (Å²) in [5, 5.41) is 10.00. The molecule has 21 heavy (non-hydrogen) atoms. The second-order valence-corrected chi connectivity index (χ2v) is 4.86. The molecule has 0 radical (unpaired) electrons. The first-order valence-corrected chi connectivity index (χ1v) is 6.93. The number of rotatable bonds is 6. The number of nitrogens with zero attached hydrogens (tertiary/aromatic N) is 4. The number of H-pyrrole nitrogens is 1. The molecule has 7 nitrogen and oxygen atoms in total. The zero-order valence-electron chi connectivity index (χ0n) is 12.6. The molecule has 2 N–H and O–H groups in total. The van der Waals surface area contributed by atoms with E-state index in [2.05, 4.69) is 32.4 Å². The Morgan fingerprint density at radius 3 is 2.81 bits per heavy atom. The van der Waals surface area contributed by atoms with E-state index in [0.29, 0.717) is 18.1 Å². The van der Waals surface area contributed by atoms with E-state index >= 15 is 0 Å². The Kier molecular flexibility index (Phi) is 4.86. The number of aromatic amines is 1. The minimum atomic E-state index is -0.153. The molecular formula is C14H20N6O. The lowest BCUT2D eigenvalue weighted by atomic mass is 10.3. The Morgan fingerprint density at radius 2 is 2.24 bits per heavy atom. The molecule has 0 aliphatic rings. The maximum absolute atomic E-state index is 12.3. The number of hydrogen-bond acceptors (Lipinski definition) is 5. The van der Waals surface area contributed by atoms with E-state index < -0.39 is 0 Å². The second kappa shape index (κ2) is 6.83. The van der Waals surface area contributed by atoms with Crippen LogP contribution in [0.1, 0.15) is 35.5 Å². The van der Waals surface area contributed by atoms with Gasteiger partial charge in [0.15, 0.2) is 5.82 Å². The predicted octanol–water partition coefficient (Wildman–Crippen LogP) is 1.60. The zero-order valence-corrected chi connectivity index (χ0v) is 12.6. The van der Waals surface area contributed by atoms with Crippen LogP contribution in [0.4, 0.5) is 5.69 Å². The fourth-order valence-corrected chi connectivity index (χ4v) is 1.83. The highest BCUT2D eigenvalue weighted by Crippen LogP contribution is 2.09. The molecule has 2 heterocycles. The molecule has 1 amide bonds. The molecule has 0 saturated carbocycles. The van der Waals surface area contributed by atoms with Crippen molar-refractivity contribution in [3.63, 3.8) is 0 Å². The van der Waals surface area contributed by atoms with Crippen molar-refractivity contribution in [1.82, 2.24) is 25.1 Å². The quantitative estimate of drug-likeness (QED) is 0.843. The van der Waals surface area contributed by atoms with Crippen LogP contribution in [0, 0.1) is 6.92 Å². The summed E-state index contributed by atoms with van der Waals surface area (Å²) in [4.78, 5) is 22.2. The van der Waals surface area contributed by atoms with Gasteiger partial charge in [-0.15, -0.1) is 0 Å². The minimum Gasteiger partial charge on any atom is -0.384 e. The smallest absolute Gasteiger partial charge is 0.272 e. The van der Waals surface area contributed by atoms with Crippen molar-refractivity contribution in [3.05, 3.63) is 35.7 Å². The van der Waals surface area contributed by atoms with Gasteiger partial charge in [-0.05, 0) is 25.5 Å². The maximum Gasteiger partial charge on any atom is 0.272 e. The average Bonchev–Trinajstić information content (AvgIpc) is 2.90. The van der Waals surface area contributed by atoms with Crippen LogP contribution >= 0.6 is 0 Å². The third-order valence-corrected chi connectivity index (χ3v) is 2.93. The summed E-state index contributed by atoms with van der Waals surface area (Å²) in [7, 11) is 1.71. The molecule has 112 valence electrons. The van der Waals surface area contributed by atoms with Crippen molar-refractivity contribution in [2.24, 2.45) is 0 Å². The molecule has 0 unspecified atom stereocenters.